The molecule has 5 nitrogen and oxygen atoms in total. The maximum atomic E-state index is 12.5. The van der Waals surface area contributed by atoms with E-state index in [9.17, 15) is 10.1 Å². The number of aromatic nitrogens is 1. The Balaban J connectivity index is 1.40. The van der Waals surface area contributed by atoms with Gasteiger partial charge in [0.2, 0.25) is 0 Å². The van der Waals surface area contributed by atoms with Crippen molar-refractivity contribution in [2.75, 3.05) is 6.54 Å². The quantitative estimate of drug-likeness (QED) is 0.325. The monoisotopic (exact) mass is 407 g/mol. The van der Waals surface area contributed by atoms with Gasteiger partial charge in [0.1, 0.15) is 23.1 Å². The summed E-state index contributed by atoms with van der Waals surface area (Å²) in [6, 6.07) is 26.8. The lowest BCUT2D eigenvalue weighted by Crippen LogP contribution is -2.26. The summed E-state index contributed by atoms with van der Waals surface area (Å²) in [6.07, 6.45) is 4.20. The molecule has 0 aliphatic rings. The van der Waals surface area contributed by atoms with Crippen LogP contribution in [0.4, 0.5) is 0 Å². The summed E-state index contributed by atoms with van der Waals surface area (Å²) >= 11 is 0. The molecule has 0 atom stereocenters. The minimum Gasteiger partial charge on any atom is -0.457 e. The SMILES string of the molecule is N#C/C(=C/c1cccc(Oc2ccccc2)c1)C(=O)NCCc1c[nH]c2ccccc12. The molecule has 5 heteroatoms. The molecule has 31 heavy (non-hydrogen) atoms. The van der Waals surface area contributed by atoms with Crippen molar-refractivity contribution in [1.29, 1.82) is 5.26 Å². The number of hydrogen-bond donors (Lipinski definition) is 2. The first-order chi connectivity index (χ1) is 15.2. The fourth-order valence-corrected chi connectivity index (χ4v) is 3.35. The highest BCUT2D eigenvalue weighted by atomic mass is 16.5. The number of nitriles is 1. The second-order valence-corrected chi connectivity index (χ2v) is 7.02. The number of rotatable bonds is 7. The molecule has 0 aliphatic heterocycles. The summed E-state index contributed by atoms with van der Waals surface area (Å²) in [5.41, 5.74) is 2.97. The molecule has 1 aromatic heterocycles. The average molecular weight is 407 g/mol. The third kappa shape index (κ3) is 5.01. The number of nitrogens with zero attached hydrogens (tertiary/aromatic N) is 1. The van der Waals surface area contributed by atoms with Gasteiger partial charge >= 0.3 is 0 Å². The fourth-order valence-electron chi connectivity index (χ4n) is 3.35. The maximum Gasteiger partial charge on any atom is 0.261 e. The Bertz CT molecular complexity index is 1270. The summed E-state index contributed by atoms with van der Waals surface area (Å²) in [4.78, 5) is 15.7. The van der Waals surface area contributed by atoms with E-state index in [1.54, 1.807) is 12.1 Å². The number of amides is 1. The number of para-hydroxylation sites is 2. The van der Waals surface area contributed by atoms with Crippen LogP contribution in [0.5, 0.6) is 11.5 Å². The van der Waals surface area contributed by atoms with E-state index in [2.05, 4.69) is 10.3 Å². The summed E-state index contributed by atoms with van der Waals surface area (Å²) in [7, 11) is 0. The number of H-pyrrole nitrogens is 1. The van der Waals surface area contributed by atoms with Crippen LogP contribution in [0.25, 0.3) is 17.0 Å². The van der Waals surface area contributed by atoms with Gasteiger partial charge in [-0.3, -0.25) is 4.79 Å². The summed E-state index contributed by atoms with van der Waals surface area (Å²) < 4.78 is 5.82. The molecule has 0 aliphatic carbocycles. The van der Waals surface area contributed by atoms with Crippen molar-refractivity contribution in [3.63, 3.8) is 0 Å². The first-order valence-corrected chi connectivity index (χ1v) is 10.0. The highest BCUT2D eigenvalue weighted by molar-refractivity contribution is 6.01. The molecule has 0 fully saturated rings. The van der Waals surface area contributed by atoms with Crippen LogP contribution in [0, 0.1) is 11.3 Å². The van der Waals surface area contributed by atoms with Crippen molar-refractivity contribution in [3.8, 4) is 17.6 Å². The zero-order valence-electron chi connectivity index (χ0n) is 16.8. The van der Waals surface area contributed by atoms with Gasteiger partial charge in [-0.2, -0.15) is 5.26 Å². The highest BCUT2D eigenvalue weighted by Gasteiger charge is 2.10. The lowest BCUT2D eigenvalue weighted by atomic mass is 10.1. The fraction of sp³-hybridized carbons (Fsp3) is 0.0769. The van der Waals surface area contributed by atoms with Gasteiger partial charge in [0.05, 0.1) is 0 Å². The molecule has 152 valence electrons. The Kier molecular flexibility index (Phi) is 6.10. The van der Waals surface area contributed by atoms with E-state index in [4.69, 9.17) is 4.74 Å². The van der Waals surface area contributed by atoms with Crippen LogP contribution in [-0.4, -0.2) is 17.4 Å². The third-order valence-corrected chi connectivity index (χ3v) is 4.87. The maximum absolute atomic E-state index is 12.5. The van der Waals surface area contributed by atoms with Crippen molar-refractivity contribution < 1.29 is 9.53 Å². The van der Waals surface area contributed by atoms with Gasteiger partial charge in [0.15, 0.2) is 0 Å². The minimum absolute atomic E-state index is 0.0517. The van der Waals surface area contributed by atoms with Gasteiger partial charge in [0.25, 0.3) is 5.91 Å². The molecule has 1 amide bonds. The molecular formula is C26H21N3O2. The van der Waals surface area contributed by atoms with Gasteiger partial charge in [-0.15, -0.1) is 0 Å². The van der Waals surface area contributed by atoms with Gasteiger partial charge in [-0.05, 0) is 54.0 Å². The summed E-state index contributed by atoms with van der Waals surface area (Å²) in [5, 5.41) is 13.4. The molecule has 1 heterocycles. The number of fused-ring (bicyclic) bond motifs is 1. The molecule has 4 rings (SSSR count). The number of carbonyl (C=O) groups is 1. The van der Waals surface area contributed by atoms with Crippen molar-refractivity contribution in [2.45, 2.75) is 6.42 Å². The Hall–Kier alpha value is -4.30. The molecule has 2 N–H and O–H groups in total. The van der Waals surface area contributed by atoms with Crippen LogP contribution in [0.1, 0.15) is 11.1 Å². The Labute approximate surface area is 180 Å². The number of carbonyl (C=O) groups excluding carboxylic acids is 1. The zero-order chi connectivity index (χ0) is 21.5. The van der Waals surface area contributed by atoms with Crippen molar-refractivity contribution in [2.24, 2.45) is 0 Å². The molecule has 0 saturated carbocycles. The van der Waals surface area contributed by atoms with Gasteiger partial charge in [0, 0.05) is 23.6 Å². The first kappa shape index (κ1) is 20.0. The molecule has 0 radical (unpaired) electrons. The summed E-state index contributed by atoms with van der Waals surface area (Å²) in [6.45, 7) is 0.441. The standard InChI is InChI=1S/C26H21N3O2/c27-17-21(15-19-7-6-10-23(16-19)31-22-8-2-1-3-9-22)26(30)28-14-13-20-18-29-25-12-5-4-11-24(20)25/h1-12,15-16,18,29H,13-14H2,(H,28,30)/b21-15-. The van der Waals surface area contributed by atoms with Gasteiger partial charge < -0.3 is 15.0 Å². The Morgan fingerprint density at radius 3 is 2.61 bits per heavy atom. The van der Waals surface area contributed by atoms with Crippen LogP contribution in [-0.2, 0) is 11.2 Å². The van der Waals surface area contributed by atoms with Crippen LogP contribution < -0.4 is 10.1 Å². The summed E-state index contributed by atoms with van der Waals surface area (Å²) in [5.74, 6) is 0.966. The van der Waals surface area contributed by atoms with E-state index in [1.165, 1.54) is 0 Å². The van der Waals surface area contributed by atoms with E-state index >= 15 is 0 Å². The highest BCUT2D eigenvalue weighted by Crippen LogP contribution is 2.23. The van der Waals surface area contributed by atoms with E-state index in [1.807, 2.05) is 85.1 Å². The van der Waals surface area contributed by atoms with Crippen molar-refractivity contribution >= 4 is 22.9 Å². The molecular weight excluding hydrogens is 386 g/mol. The minimum atomic E-state index is -0.392. The number of benzene rings is 3. The van der Waals surface area contributed by atoms with Crippen LogP contribution in [0.3, 0.4) is 0 Å². The van der Waals surface area contributed by atoms with Crippen LogP contribution in [0.2, 0.25) is 0 Å². The van der Waals surface area contributed by atoms with Crippen molar-refractivity contribution in [1.82, 2.24) is 10.3 Å². The third-order valence-electron chi connectivity index (χ3n) is 4.87. The number of nitrogens with one attached hydrogen (secondary N) is 2. The van der Waals surface area contributed by atoms with E-state index in [-0.39, 0.29) is 5.57 Å². The van der Waals surface area contributed by atoms with E-state index < -0.39 is 5.91 Å². The normalized spacial score (nSPS) is 11.1. The number of hydrogen-bond acceptors (Lipinski definition) is 3. The second-order valence-electron chi connectivity index (χ2n) is 7.02. The molecule has 0 bridgehead atoms. The van der Waals surface area contributed by atoms with Crippen LogP contribution in [0.15, 0.2) is 90.6 Å². The second kappa shape index (κ2) is 9.47. The molecule has 4 aromatic rings. The predicted octanol–water partition coefficient (Wildman–Crippen LogP) is 5.23. The number of aromatic amines is 1. The number of ether oxygens (including phenoxy) is 1. The smallest absolute Gasteiger partial charge is 0.261 e. The lowest BCUT2D eigenvalue weighted by Gasteiger charge is -2.07. The van der Waals surface area contributed by atoms with Gasteiger partial charge in [-0.1, -0.05) is 48.5 Å². The van der Waals surface area contributed by atoms with E-state index in [0.717, 1.165) is 27.8 Å². The van der Waals surface area contributed by atoms with Crippen molar-refractivity contribution in [3.05, 3.63) is 102 Å². The topological polar surface area (TPSA) is 77.9 Å². The first-order valence-electron chi connectivity index (χ1n) is 10.0. The zero-order valence-corrected chi connectivity index (χ0v) is 16.8. The Morgan fingerprint density at radius 2 is 1.77 bits per heavy atom. The molecule has 0 spiro atoms. The molecule has 0 saturated heterocycles. The molecule has 0 unspecified atom stereocenters. The van der Waals surface area contributed by atoms with E-state index in [0.29, 0.717) is 18.7 Å². The van der Waals surface area contributed by atoms with Crippen LogP contribution >= 0.6 is 0 Å². The largest absolute Gasteiger partial charge is 0.457 e. The Morgan fingerprint density at radius 1 is 1.00 bits per heavy atom. The average Bonchev–Trinajstić information content (AvgIpc) is 3.21. The van der Waals surface area contributed by atoms with Gasteiger partial charge in [-0.25, -0.2) is 0 Å². The molecule has 3 aromatic carbocycles. The predicted molar refractivity (Wildman–Crippen MR) is 122 cm³/mol. The lowest BCUT2D eigenvalue weighted by molar-refractivity contribution is -0.117.